The minimum absolute atomic E-state index is 0.0609. The van der Waals surface area contributed by atoms with Crippen LogP contribution in [0.25, 0.3) is 0 Å². The number of hydrogen-bond acceptors (Lipinski definition) is 2. The molecule has 2 heteroatoms. The molecule has 1 saturated heterocycles. The second-order valence-corrected chi connectivity index (χ2v) is 11.8. The summed E-state index contributed by atoms with van der Waals surface area (Å²) in [6.07, 6.45) is 15.9. The Morgan fingerprint density at radius 3 is 2.79 bits per heavy atom. The summed E-state index contributed by atoms with van der Waals surface area (Å²) in [5.41, 5.74) is 4.01. The zero-order valence-corrected chi connectivity index (χ0v) is 19.0. The molecular formula is C27H42O2. The second-order valence-electron chi connectivity index (χ2n) is 11.8. The van der Waals surface area contributed by atoms with Crippen molar-refractivity contribution in [1.82, 2.24) is 0 Å². The molecule has 1 heterocycles. The first-order chi connectivity index (χ1) is 13.8. The van der Waals surface area contributed by atoms with Crippen LogP contribution in [-0.4, -0.2) is 23.4 Å². The van der Waals surface area contributed by atoms with Gasteiger partial charge in [0.1, 0.15) is 0 Å². The summed E-state index contributed by atoms with van der Waals surface area (Å²) in [5.74, 6) is 2.76. The maximum atomic E-state index is 10.3. The first-order valence-corrected chi connectivity index (χ1v) is 12.5. The molecule has 1 aliphatic heterocycles. The zero-order valence-electron chi connectivity index (χ0n) is 19.0. The van der Waals surface area contributed by atoms with Crippen molar-refractivity contribution in [1.29, 1.82) is 0 Å². The van der Waals surface area contributed by atoms with E-state index in [0.717, 1.165) is 38.2 Å². The van der Waals surface area contributed by atoms with Gasteiger partial charge in [-0.2, -0.15) is 0 Å². The molecule has 7 atom stereocenters. The van der Waals surface area contributed by atoms with Crippen LogP contribution in [0.2, 0.25) is 0 Å². The molecule has 2 nitrogen and oxygen atoms in total. The van der Waals surface area contributed by atoms with Crippen molar-refractivity contribution in [3.05, 3.63) is 23.8 Å². The zero-order chi connectivity index (χ0) is 20.4. The molecule has 0 unspecified atom stereocenters. The number of rotatable bonds is 4. The lowest BCUT2D eigenvalue weighted by molar-refractivity contribution is -0.151. The van der Waals surface area contributed by atoms with E-state index in [0.29, 0.717) is 28.6 Å². The quantitative estimate of drug-likeness (QED) is 0.552. The lowest BCUT2D eigenvalue weighted by atomic mass is 9.44. The number of aliphatic hydroxyl groups is 1. The van der Waals surface area contributed by atoms with E-state index in [-0.39, 0.29) is 11.7 Å². The molecule has 4 saturated carbocycles. The van der Waals surface area contributed by atoms with Crippen LogP contribution in [0.15, 0.2) is 23.8 Å². The van der Waals surface area contributed by atoms with Crippen LogP contribution in [0, 0.1) is 34.5 Å². The monoisotopic (exact) mass is 398 g/mol. The Morgan fingerprint density at radius 1 is 1.17 bits per heavy atom. The molecular weight excluding hydrogens is 356 g/mol. The molecule has 0 radical (unpaired) electrons. The van der Waals surface area contributed by atoms with E-state index >= 15 is 0 Å². The van der Waals surface area contributed by atoms with Gasteiger partial charge in [0, 0.05) is 5.41 Å². The third kappa shape index (κ3) is 2.80. The fraction of sp³-hybridized carbons (Fsp3) is 0.852. The maximum Gasteiger partial charge on any atom is 0.0753 e. The topological polar surface area (TPSA) is 29.5 Å². The largest absolute Gasteiger partial charge is 0.393 e. The van der Waals surface area contributed by atoms with Gasteiger partial charge in [0.05, 0.1) is 18.3 Å². The first kappa shape index (κ1) is 20.3. The molecule has 5 rings (SSSR count). The smallest absolute Gasteiger partial charge is 0.0753 e. The van der Waals surface area contributed by atoms with Crippen LogP contribution in [0.4, 0.5) is 0 Å². The van der Waals surface area contributed by atoms with Crippen molar-refractivity contribution in [2.75, 3.05) is 6.61 Å². The van der Waals surface area contributed by atoms with Crippen LogP contribution in [0.1, 0.15) is 91.4 Å². The lowest BCUT2D eigenvalue weighted by Gasteiger charge is -2.60. The van der Waals surface area contributed by atoms with Crippen LogP contribution in [0.5, 0.6) is 0 Å². The Kier molecular flexibility index (Phi) is 4.87. The van der Waals surface area contributed by atoms with E-state index in [4.69, 9.17) is 4.74 Å². The van der Waals surface area contributed by atoms with Crippen LogP contribution < -0.4 is 0 Å². The SMILES string of the molecule is C=C(CC/C=C1\CC[C@H]2[C@@]34CC[C@H]5C[C@@H](O)CC[C@]5(CO3)[C@H]4CC[C@]12C)C(C)C. The van der Waals surface area contributed by atoms with Gasteiger partial charge in [-0.25, -0.2) is 0 Å². The molecule has 29 heavy (non-hydrogen) atoms. The van der Waals surface area contributed by atoms with E-state index < -0.39 is 0 Å². The van der Waals surface area contributed by atoms with Crippen molar-refractivity contribution in [3.8, 4) is 0 Å². The molecule has 0 aromatic rings. The van der Waals surface area contributed by atoms with Gasteiger partial charge in [0.2, 0.25) is 0 Å². The molecule has 0 aromatic carbocycles. The Bertz CT molecular complexity index is 707. The molecule has 5 fully saturated rings. The maximum absolute atomic E-state index is 10.3. The van der Waals surface area contributed by atoms with Crippen molar-refractivity contribution in [3.63, 3.8) is 0 Å². The van der Waals surface area contributed by atoms with E-state index in [1.54, 1.807) is 5.57 Å². The highest BCUT2D eigenvalue weighted by Crippen LogP contribution is 2.73. The lowest BCUT2D eigenvalue weighted by Crippen LogP contribution is -2.59. The van der Waals surface area contributed by atoms with Gasteiger partial charge in [-0.05, 0) is 99.7 Å². The van der Waals surface area contributed by atoms with Gasteiger partial charge in [0.15, 0.2) is 0 Å². The van der Waals surface area contributed by atoms with Crippen LogP contribution >= 0.6 is 0 Å². The van der Waals surface area contributed by atoms with Crippen LogP contribution in [0.3, 0.4) is 0 Å². The molecule has 1 spiro atoms. The van der Waals surface area contributed by atoms with E-state index in [2.05, 4.69) is 33.4 Å². The van der Waals surface area contributed by atoms with Crippen molar-refractivity contribution in [2.24, 2.45) is 34.5 Å². The average Bonchev–Trinajstić information content (AvgIpc) is 3.14. The van der Waals surface area contributed by atoms with Gasteiger partial charge in [0.25, 0.3) is 0 Å². The average molecular weight is 399 g/mol. The molecule has 0 aromatic heterocycles. The number of aliphatic hydroxyl groups excluding tert-OH is 1. The molecule has 4 aliphatic carbocycles. The number of hydrogen-bond donors (Lipinski definition) is 1. The minimum atomic E-state index is -0.0609. The van der Waals surface area contributed by atoms with Crippen molar-refractivity contribution in [2.45, 2.75) is 103 Å². The normalized spacial score (nSPS) is 49.8. The highest BCUT2D eigenvalue weighted by molar-refractivity contribution is 5.29. The summed E-state index contributed by atoms with van der Waals surface area (Å²) in [5, 5.41) is 10.3. The first-order valence-electron chi connectivity index (χ1n) is 12.5. The number of allylic oxidation sites excluding steroid dienone is 3. The van der Waals surface area contributed by atoms with E-state index in [1.807, 2.05) is 0 Å². The summed E-state index contributed by atoms with van der Waals surface area (Å²) in [6.45, 7) is 12.4. The molecule has 162 valence electrons. The number of ether oxygens (including phenoxy) is 1. The summed E-state index contributed by atoms with van der Waals surface area (Å²) in [6, 6.07) is 0. The Balaban J connectivity index is 1.38. The molecule has 1 N–H and O–H groups in total. The molecule has 2 bridgehead atoms. The third-order valence-electron chi connectivity index (χ3n) is 10.5. The predicted octanol–water partition coefficient (Wildman–Crippen LogP) is 6.44. The standard InChI is InChI=1S/C27H42O2/c1-18(2)19(3)6-5-7-20-8-9-23-25(20,4)13-12-24-26-14-11-22(28)16-21(26)10-15-27(23,24)29-17-26/h7,18,21-24,28H,3,5-6,8-17H2,1-2,4H3/b20-7+/t21-,22-,23+,24+,25+,26+,27+/m0/s1. The summed E-state index contributed by atoms with van der Waals surface area (Å²) in [4.78, 5) is 0. The third-order valence-corrected chi connectivity index (χ3v) is 10.5. The van der Waals surface area contributed by atoms with E-state index in [1.165, 1.54) is 50.5 Å². The Labute approximate surface area is 178 Å². The highest BCUT2D eigenvalue weighted by atomic mass is 16.5. The fourth-order valence-corrected chi connectivity index (χ4v) is 8.77. The van der Waals surface area contributed by atoms with Gasteiger partial charge in [-0.3, -0.25) is 0 Å². The van der Waals surface area contributed by atoms with Gasteiger partial charge in [-0.15, -0.1) is 0 Å². The molecule has 0 amide bonds. The van der Waals surface area contributed by atoms with Gasteiger partial charge < -0.3 is 9.84 Å². The molecule has 5 aliphatic rings. The van der Waals surface area contributed by atoms with E-state index in [9.17, 15) is 5.11 Å². The predicted molar refractivity (Wildman–Crippen MR) is 119 cm³/mol. The second kappa shape index (κ2) is 6.95. The Morgan fingerprint density at radius 2 is 2.00 bits per heavy atom. The van der Waals surface area contributed by atoms with Gasteiger partial charge >= 0.3 is 0 Å². The highest BCUT2D eigenvalue weighted by Gasteiger charge is 2.71. The summed E-state index contributed by atoms with van der Waals surface area (Å²) < 4.78 is 6.94. The van der Waals surface area contributed by atoms with Crippen molar-refractivity contribution < 1.29 is 9.84 Å². The fourth-order valence-electron chi connectivity index (χ4n) is 8.77. The Hall–Kier alpha value is -0.600. The minimum Gasteiger partial charge on any atom is -0.393 e. The summed E-state index contributed by atoms with van der Waals surface area (Å²) >= 11 is 0. The van der Waals surface area contributed by atoms with Crippen molar-refractivity contribution >= 4 is 0 Å². The number of fused-ring (bicyclic) bond motifs is 1. The summed E-state index contributed by atoms with van der Waals surface area (Å²) in [7, 11) is 0. The van der Waals surface area contributed by atoms with Gasteiger partial charge in [-0.1, -0.05) is 44.6 Å². The van der Waals surface area contributed by atoms with Crippen LogP contribution in [-0.2, 0) is 4.74 Å².